The number of benzene rings is 1. The van der Waals surface area contributed by atoms with Gasteiger partial charge in [-0.2, -0.15) is 0 Å². The van der Waals surface area contributed by atoms with Crippen LogP contribution in [-0.4, -0.2) is 46.8 Å². The Bertz CT molecular complexity index is 685. The highest BCUT2D eigenvalue weighted by Crippen LogP contribution is 2.34. The van der Waals surface area contributed by atoms with Crippen molar-refractivity contribution in [1.29, 1.82) is 0 Å². The summed E-state index contributed by atoms with van der Waals surface area (Å²) in [4.78, 5) is 39.6. The van der Waals surface area contributed by atoms with Gasteiger partial charge in [0.1, 0.15) is 12.1 Å². The molecule has 3 rings (SSSR count). The van der Waals surface area contributed by atoms with Crippen molar-refractivity contribution in [2.75, 3.05) is 13.6 Å². The Morgan fingerprint density at radius 2 is 2.04 bits per heavy atom. The summed E-state index contributed by atoms with van der Waals surface area (Å²) in [6.07, 6.45) is 3.15. The van der Waals surface area contributed by atoms with Crippen LogP contribution in [0.4, 0.5) is 4.79 Å². The van der Waals surface area contributed by atoms with E-state index in [1.807, 2.05) is 12.1 Å². The van der Waals surface area contributed by atoms with Gasteiger partial charge in [0.15, 0.2) is 0 Å². The number of nitrogens with zero attached hydrogens (tertiary/aromatic N) is 2. The molecule has 1 aromatic rings. The van der Waals surface area contributed by atoms with Crippen LogP contribution in [0.25, 0.3) is 0 Å². The van der Waals surface area contributed by atoms with E-state index in [0.29, 0.717) is 24.4 Å². The Morgan fingerprint density at radius 3 is 2.71 bits per heavy atom. The van der Waals surface area contributed by atoms with Crippen LogP contribution >= 0.6 is 11.6 Å². The molecule has 24 heavy (non-hydrogen) atoms. The van der Waals surface area contributed by atoms with Crippen molar-refractivity contribution in [3.8, 4) is 0 Å². The Labute approximate surface area is 145 Å². The van der Waals surface area contributed by atoms with Gasteiger partial charge in [0.05, 0.1) is 0 Å². The first-order chi connectivity index (χ1) is 11.4. The Kier molecular flexibility index (Phi) is 4.49. The van der Waals surface area contributed by atoms with Gasteiger partial charge in [-0.25, -0.2) is 4.79 Å². The molecule has 2 aliphatic rings. The van der Waals surface area contributed by atoms with E-state index in [4.69, 9.17) is 11.6 Å². The first-order valence-electron chi connectivity index (χ1n) is 8.04. The Hall–Kier alpha value is -2.08. The predicted molar refractivity (Wildman–Crippen MR) is 89.4 cm³/mol. The standard InChI is InChI=1S/C17H20ClN3O3/c1-20(10-12-5-4-6-13(18)9-12)14(22)11-21-15(23)17(19-16(21)24)7-2-3-8-17/h4-6,9H,2-3,7-8,10-11H2,1H3,(H,19,24). The third-order valence-electron chi connectivity index (χ3n) is 4.73. The summed E-state index contributed by atoms with van der Waals surface area (Å²) in [6.45, 7) is 0.137. The van der Waals surface area contributed by atoms with Crippen molar-refractivity contribution < 1.29 is 14.4 Å². The van der Waals surface area contributed by atoms with Crippen LogP contribution in [0.3, 0.4) is 0 Å². The van der Waals surface area contributed by atoms with Gasteiger partial charge in [0.2, 0.25) is 5.91 Å². The molecule has 0 aromatic heterocycles. The first-order valence-corrected chi connectivity index (χ1v) is 8.42. The van der Waals surface area contributed by atoms with Gasteiger partial charge in [-0.3, -0.25) is 14.5 Å². The molecule has 1 N–H and O–H groups in total. The van der Waals surface area contributed by atoms with E-state index in [2.05, 4.69) is 5.32 Å². The van der Waals surface area contributed by atoms with Crippen LogP contribution in [0, 0.1) is 0 Å². The van der Waals surface area contributed by atoms with Crippen molar-refractivity contribution >= 4 is 29.4 Å². The normalized spacial score (nSPS) is 19.0. The monoisotopic (exact) mass is 349 g/mol. The summed E-state index contributed by atoms with van der Waals surface area (Å²) in [5, 5.41) is 3.38. The number of likely N-dealkylation sites (N-methyl/N-ethyl adjacent to an activating group) is 1. The number of urea groups is 1. The van der Waals surface area contributed by atoms with Gasteiger partial charge < -0.3 is 10.2 Å². The van der Waals surface area contributed by atoms with Crippen molar-refractivity contribution in [3.63, 3.8) is 0 Å². The molecule has 1 saturated carbocycles. The molecular weight excluding hydrogens is 330 g/mol. The van der Waals surface area contributed by atoms with Crippen molar-refractivity contribution in [1.82, 2.24) is 15.1 Å². The fraction of sp³-hybridized carbons (Fsp3) is 0.471. The van der Waals surface area contributed by atoms with E-state index in [-0.39, 0.29) is 18.4 Å². The lowest BCUT2D eigenvalue weighted by atomic mass is 9.98. The topological polar surface area (TPSA) is 69.7 Å². The fourth-order valence-corrected chi connectivity index (χ4v) is 3.60. The summed E-state index contributed by atoms with van der Waals surface area (Å²) in [6, 6.07) is 6.77. The van der Waals surface area contributed by atoms with Crippen LogP contribution in [-0.2, 0) is 16.1 Å². The maximum absolute atomic E-state index is 12.6. The van der Waals surface area contributed by atoms with Crippen LogP contribution in [0.1, 0.15) is 31.2 Å². The van der Waals surface area contributed by atoms with Gasteiger partial charge in [-0.15, -0.1) is 0 Å². The zero-order valence-electron chi connectivity index (χ0n) is 13.5. The molecule has 1 aromatic carbocycles. The number of carbonyl (C=O) groups excluding carboxylic acids is 3. The molecule has 0 radical (unpaired) electrons. The van der Waals surface area contributed by atoms with Crippen molar-refractivity contribution in [2.24, 2.45) is 0 Å². The number of hydrogen-bond acceptors (Lipinski definition) is 3. The number of nitrogens with one attached hydrogen (secondary N) is 1. The van der Waals surface area contributed by atoms with E-state index in [1.54, 1.807) is 19.2 Å². The van der Waals surface area contributed by atoms with Gasteiger partial charge in [-0.1, -0.05) is 36.6 Å². The minimum Gasteiger partial charge on any atom is -0.340 e. The lowest BCUT2D eigenvalue weighted by molar-refractivity contribution is -0.138. The van der Waals surface area contributed by atoms with Gasteiger partial charge in [0.25, 0.3) is 5.91 Å². The van der Waals surface area contributed by atoms with E-state index in [9.17, 15) is 14.4 Å². The molecular formula is C17H20ClN3O3. The minimum atomic E-state index is -0.775. The molecule has 6 nitrogen and oxygen atoms in total. The Morgan fingerprint density at radius 1 is 1.33 bits per heavy atom. The molecule has 0 atom stereocenters. The number of imide groups is 1. The second kappa shape index (κ2) is 6.43. The number of amides is 4. The summed E-state index contributed by atoms with van der Waals surface area (Å²) < 4.78 is 0. The van der Waals surface area contributed by atoms with E-state index >= 15 is 0 Å². The van der Waals surface area contributed by atoms with E-state index < -0.39 is 11.6 Å². The van der Waals surface area contributed by atoms with Gasteiger partial charge in [-0.05, 0) is 30.5 Å². The maximum Gasteiger partial charge on any atom is 0.325 e. The summed E-state index contributed by atoms with van der Waals surface area (Å²) in [7, 11) is 1.65. The summed E-state index contributed by atoms with van der Waals surface area (Å²) in [5.74, 6) is -0.553. The minimum absolute atomic E-state index is 0.233. The lowest BCUT2D eigenvalue weighted by Gasteiger charge is -2.22. The SMILES string of the molecule is CN(Cc1cccc(Cl)c1)C(=O)CN1C(=O)NC2(CCCC2)C1=O. The average Bonchev–Trinajstić information content (AvgIpc) is 3.08. The molecule has 1 aliphatic carbocycles. The summed E-state index contributed by atoms with van der Waals surface area (Å²) >= 11 is 5.94. The molecule has 128 valence electrons. The number of hydrogen-bond donors (Lipinski definition) is 1. The Balaban J connectivity index is 1.64. The fourth-order valence-electron chi connectivity index (χ4n) is 3.39. The molecule has 1 spiro atoms. The van der Waals surface area contributed by atoms with Gasteiger partial charge >= 0.3 is 6.03 Å². The molecule has 0 unspecified atom stereocenters. The van der Waals surface area contributed by atoms with Crippen LogP contribution in [0.15, 0.2) is 24.3 Å². The maximum atomic E-state index is 12.6. The highest BCUT2D eigenvalue weighted by molar-refractivity contribution is 6.30. The highest BCUT2D eigenvalue weighted by Gasteiger charge is 2.52. The van der Waals surface area contributed by atoms with Crippen molar-refractivity contribution in [3.05, 3.63) is 34.9 Å². The van der Waals surface area contributed by atoms with Crippen LogP contribution in [0.2, 0.25) is 5.02 Å². The van der Waals surface area contributed by atoms with E-state index in [0.717, 1.165) is 23.3 Å². The predicted octanol–water partition coefficient (Wildman–Crippen LogP) is 2.16. The molecule has 0 bridgehead atoms. The molecule has 7 heteroatoms. The van der Waals surface area contributed by atoms with E-state index in [1.165, 1.54) is 4.90 Å². The molecule has 1 heterocycles. The number of halogens is 1. The zero-order valence-corrected chi connectivity index (χ0v) is 14.3. The third-order valence-corrected chi connectivity index (χ3v) is 4.97. The average molecular weight is 350 g/mol. The largest absolute Gasteiger partial charge is 0.340 e. The summed E-state index contributed by atoms with van der Waals surface area (Å²) in [5.41, 5.74) is 0.117. The molecule has 4 amide bonds. The molecule has 1 aliphatic heterocycles. The second-order valence-electron chi connectivity index (χ2n) is 6.49. The molecule has 1 saturated heterocycles. The first kappa shape index (κ1) is 16.8. The third kappa shape index (κ3) is 3.11. The van der Waals surface area contributed by atoms with Gasteiger partial charge in [0, 0.05) is 18.6 Å². The van der Waals surface area contributed by atoms with Crippen LogP contribution in [0.5, 0.6) is 0 Å². The second-order valence-corrected chi connectivity index (χ2v) is 6.93. The molecule has 2 fully saturated rings. The lowest BCUT2D eigenvalue weighted by Crippen LogP contribution is -2.45. The number of rotatable bonds is 4. The quantitative estimate of drug-likeness (QED) is 0.847. The number of carbonyl (C=O) groups is 3. The smallest absolute Gasteiger partial charge is 0.325 e. The van der Waals surface area contributed by atoms with Crippen LogP contribution < -0.4 is 5.32 Å². The van der Waals surface area contributed by atoms with Crippen molar-refractivity contribution in [2.45, 2.75) is 37.8 Å². The zero-order chi connectivity index (χ0) is 17.3. The highest BCUT2D eigenvalue weighted by atomic mass is 35.5.